The zero-order chi connectivity index (χ0) is 16.5. The number of benzene rings is 2. The fourth-order valence-electron chi connectivity index (χ4n) is 2.93. The number of carbonyl (C=O) groups excluding carboxylic acids is 1. The summed E-state index contributed by atoms with van der Waals surface area (Å²) in [6, 6.07) is 13.1. The molecule has 2 heterocycles. The van der Waals surface area contributed by atoms with Crippen LogP contribution < -0.4 is 5.32 Å². The van der Waals surface area contributed by atoms with Gasteiger partial charge in [-0.05, 0) is 35.9 Å². The lowest BCUT2D eigenvalue weighted by Gasteiger charge is -2.14. The molecule has 0 saturated heterocycles. The Bertz CT molecular complexity index is 920. The summed E-state index contributed by atoms with van der Waals surface area (Å²) in [7, 11) is 0. The van der Waals surface area contributed by atoms with E-state index in [1.54, 1.807) is 0 Å². The predicted octanol–water partition coefficient (Wildman–Crippen LogP) is 3.15. The largest absolute Gasteiger partial charge is 0.372 e. The first-order valence-corrected chi connectivity index (χ1v) is 8.18. The molecule has 3 aromatic rings. The number of rotatable bonds is 3. The molecule has 0 atom stereocenters. The van der Waals surface area contributed by atoms with Crippen LogP contribution in [0.25, 0.3) is 11.0 Å². The van der Waals surface area contributed by atoms with Gasteiger partial charge in [0.2, 0.25) is 0 Å². The van der Waals surface area contributed by atoms with Gasteiger partial charge in [0.25, 0.3) is 5.91 Å². The Morgan fingerprint density at radius 3 is 3.08 bits per heavy atom. The van der Waals surface area contributed by atoms with E-state index in [-0.39, 0.29) is 5.91 Å². The minimum atomic E-state index is -0.126. The molecule has 0 aliphatic carbocycles. The molecule has 0 unspecified atom stereocenters. The molecule has 1 N–H and O–H groups in total. The van der Waals surface area contributed by atoms with Crippen LogP contribution >= 0.6 is 11.6 Å². The van der Waals surface area contributed by atoms with Crippen molar-refractivity contribution in [2.45, 2.75) is 19.7 Å². The molecule has 0 spiro atoms. The van der Waals surface area contributed by atoms with Gasteiger partial charge in [0.05, 0.1) is 17.6 Å². The van der Waals surface area contributed by atoms with Crippen LogP contribution in [0.15, 0.2) is 42.5 Å². The van der Waals surface area contributed by atoms with E-state index in [1.807, 2.05) is 42.5 Å². The van der Waals surface area contributed by atoms with Gasteiger partial charge in [0, 0.05) is 23.7 Å². The summed E-state index contributed by atoms with van der Waals surface area (Å²) in [6.07, 6.45) is 0. The Hall–Kier alpha value is -2.37. The van der Waals surface area contributed by atoms with Crippen molar-refractivity contribution in [3.8, 4) is 0 Å². The van der Waals surface area contributed by atoms with Crippen LogP contribution in [-0.4, -0.2) is 22.1 Å². The van der Waals surface area contributed by atoms with Crippen molar-refractivity contribution in [2.75, 3.05) is 6.61 Å². The van der Waals surface area contributed by atoms with Gasteiger partial charge in [-0.2, -0.15) is 0 Å². The number of nitrogens with one attached hydrogen (secondary N) is 1. The van der Waals surface area contributed by atoms with E-state index in [9.17, 15) is 4.79 Å². The molecule has 0 bridgehead atoms. The summed E-state index contributed by atoms with van der Waals surface area (Å²) in [5.74, 6) is 0.784. The second-order valence-electron chi connectivity index (χ2n) is 5.75. The first-order valence-electron chi connectivity index (χ1n) is 7.80. The minimum Gasteiger partial charge on any atom is -0.372 e. The number of halogens is 1. The van der Waals surface area contributed by atoms with E-state index in [0.717, 1.165) is 29.0 Å². The van der Waals surface area contributed by atoms with Crippen molar-refractivity contribution in [1.82, 2.24) is 14.9 Å². The number of carbonyl (C=O) groups is 1. The number of fused-ring (bicyclic) bond motifs is 3. The van der Waals surface area contributed by atoms with E-state index in [2.05, 4.69) is 14.9 Å². The summed E-state index contributed by atoms with van der Waals surface area (Å²) < 4.78 is 7.57. The molecule has 2 aromatic carbocycles. The minimum absolute atomic E-state index is 0.126. The van der Waals surface area contributed by atoms with Gasteiger partial charge in [-0.3, -0.25) is 4.79 Å². The van der Waals surface area contributed by atoms with E-state index in [0.29, 0.717) is 30.3 Å². The fraction of sp³-hybridized carbons (Fsp3) is 0.222. The van der Waals surface area contributed by atoms with E-state index >= 15 is 0 Å². The highest BCUT2D eigenvalue weighted by atomic mass is 35.5. The van der Waals surface area contributed by atoms with E-state index in [1.165, 1.54) is 0 Å². The van der Waals surface area contributed by atoms with Gasteiger partial charge in [0.15, 0.2) is 0 Å². The zero-order valence-corrected chi connectivity index (χ0v) is 13.7. The van der Waals surface area contributed by atoms with Crippen molar-refractivity contribution in [2.24, 2.45) is 0 Å². The van der Waals surface area contributed by atoms with Crippen LogP contribution in [0, 0.1) is 0 Å². The lowest BCUT2D eigenvalue weighted by atomic mass is 10.1. The Morgan fingerprint density at radius 2 is 2.21 bits per heavy atom. The third kappa shape index (κ3) is 2.88. The van der Waals surface area contributed by atoms with E-state index in [4.69, 9.17) is 16.3 Å². The number of imidazole rings is 1. The number of hydrogen-bond donors (Lipinski definition) is 1. The molecule has 1 aliphatic rings. The molecule has 1 aromatic heterocycles. The lowest BCUT2D eigenvalue weighted by molar-refractivity contribution is 0.0830. The average molecular weight is 342 g/mol. The third-order valence-corrected chi connectivity index (χ3v) is 4.36. The summed E-state index contributed by atoms with van der Waals surface area (Å²) in [5, 5.41) is 3.57. The maximum Gasteiger partial charge on any atom is 0.251 e. The van der Waals surface area contributed by atoms with Crippen LogP contribution in [0.1, 0.15) is 21.7 Å². The molecule has 4 rings (SSSR count). The quantitative estimate of drug-likeness (QED) is 0.796. The van der Waals surface area contributed by atoms with Crippen LogP contribution in [0.4, 0.5) is 0 Å². The van der Waals surface area contributed by atoms with Crippen molar-refractivity contribution in [3.05, 3.63) is 64.4 Å². The molecule has 6 heteroatoms. The first-order chi connectivity index (χ1) is 11.7. The Morgan fingerprint density at radius 1 is 1.29 bits per heavy atom. The molecule has 5 nitrogen and oxygen atoms in total. The van der Waals surface area contributed by atoms with Gasteiger partial charge in [-0.1, -0.05) is 23.7 Å². The number of hydrogen-bond acceptors (Lipinski definition) is 3. The normalized spacial score (nSPS) is 13.7. The summed E-state index contributed by atoms with van der Waals surface area (Å²) in [6.45, 7) is 2.45. The van der Waals surface area contributed by atoms with Gasteiger partial charge >= 0.3 is 0 Å². The number of amides is 1. The van der Waals surface area contributed by atoms with Gasteiger partial charge in [0.1, 0.15) is 12.4 Å². The SMILES string of the molecule is O=C(NCc1cccc(Cl)c1)c1ccc2c(c1)nc1n2CCOC1. The van der Waals surface area contributed by atoms with Crippen molar-refractivity contribution >= 4 is 28.5 Å². The molecule has 122 valence electrons. The maximum atomic E-state index is 12.4. The number of aromatic nitrogens is 2. The van der Waals surface area contributed by atoms with Gasteiger partial charge in [-0.25, -0.2) is 4.98 Å². The highest BCUT2D eigenvalue weighted by Crippen LogP contribution is 2.21. The van der Waals surface area contributed by atoms with Crippen molar-refractivity contribution in [1.29, 1.82) is 0 Å². The second kappa shape index (κ2) is 6.26. The maximum absolute atomic E-state index is 12.4. The van der Waals surface area contributed by atoms with Crippen LogP contribution in [-0.2, 0) is 24.4 Å². The highest BCUT2D eigenvalue weighted by Gasteiger charge is 2.16. The molecule has 1 aliphatic heterocycles. The lowest BCUT2D eigenvalue weighted by Crippen LogP contribution is -2.22. The van der Waals surface area contributed by atoms with Crippen molar-refractivity contribution < 1.29 is 9.53 Å². The molecule has 0 saturated carbocycles. The molecular weight excluding hydrogens is 326 g/mol. The highest BCUT2D eigenvalue weighted by molar-refractivity contribution is 6.30. The standard InChI is InChI=1S/C18H16ClN3O2/c19-14-3-1-2-12(8-14)10-20-18(23)13-4-5-16-15(9-13)21-17-11-24-7-6-22(16)17/h1-5,8-9H,6-7,10-11H2,(H,20,23). The van der Waals surface area contributed by atoms with E-state index < -0.39 is 0 Å². The first kappa shape index (κ1) is 15.2. The molecule has 1 amide bonds. The summed E-state index contributed by atoms with van der Waals surface area (Å²) in [5.41, 5.74) is 3.43. The Labute approximate surface area is 144 Å². The van der Waals surface area contributed by atoms with Gasteiger partial charge in [-0.15, -0.1) is 0 Å². The van der Waals surface area contributed by atoms with Crippen LogP contribution in [0.3, 0.4) is 0 Å². The number of ether oxygens (including phenoxy) is 1. The Balaban J connectivity index is 1.54. The predicted molar refractivity (Wildman–Crippen MR) is 92.0 cm³/mol. The molecular formula is C18H16ClN3O2. The van der Waals surface area contributed by atoms with Crippen LogP contribution in [0.2, 0.25) is 5.02 Å². The number of nitrogens with zero attached hydrogens (tertiary/aromatic N) is 2. The molecule has 0 radical (unpaired) electrons. The Kier molecular flexibility index (Phi) is 3.96. The summed E-state index contributed by atoms with van der Waals surface area (Å²) in [4.78, 5) is 17.0. The monoisotopic (exact) mass is 341 g/mol. The fourth-order valence-corrected chi connectivity index (χ4v) is 3.14. The topological polar surface area (TPSA) is 56.2 Å². The summed E-state index contributed by atoms with van der Waals surface area (Å²) >= 11 is 5.96. The third-order valence-electron chi connectivity index (χ3n) is 4.12. The van der Waals surface area contributed by atoms with Crippen molar-refractivity contribution in [3.63, 3.8) is 0 Å². The second-order valence-corrected chi connectivity index (χ2v) is 6.18. The van der Waals surface area contributed by atoms with Gasteiger partial charge < -0.3 is 14.6 Å². The molecule has 0 fully saturated rings. The molecule has 24 heavy (non-hydrogen) atoms. The zero-order valence-electron chi connectivity index (χ0n) is 13.0. The smallest absolute Gasteiger partial charge is 0.251 e. The van der Waals surface area contributed by atoms with Crippen LogP contribution in [0.5, 0.6) is 0 Å². The average Bonchev–Trinajstić information content (AvgIpc) is 2.97.